The van der Waals surface area contributed by atoms with Gasteiger partial charge in [-0.05, 0) is 61.8 Å². The molecule has 0 atom stereocenters. The molecule has 27 heavy (non-hydrogen) atoms. The van der Waals surface area contributed by atoms with Gasteiger partial charge >= 0.3 is 0 Å². The molecule has 0 saturated carbocycles. The predicted octanol–water partition coefficient (Wildman–Crippen LogP) is 3.08. The molecule has 2 heterocycles. The van der Waals surface area contributed by atoms with Crippen molar-refractivity contribution in [2.45, 2.75) is 52.0 Å². The first kappa shape index (κ1) is 19.9. The van der Waals surface area contributed by atoms with Crippen LogP contribution in [0.15, 0.2) is 24.3 Å². The average Bonchev–Trinajstić information content (AvgIpc) is 3.03. The first-order valence-electron chi connectivity index (χ1n) is 9.77. The number of carbonyl (C=O) groups excluding carboxylic acids is 1. The highest BCUT2D eigenvalue weighted by Gasteiger charge is 2.23. The van der Waals surface area contributed by atoms with Crippen LogP contribution in [0.25, 0.3) is 10.9 Å². The lowest BCUT2D eigenvalue weighted by Gasteiger charge is -2.25. The monoisotopic (exact) mass is 391 g/mol. The number of hydrogen-bond donors (Lipinski definition) is 2. The Morgan fingerprint density at radius 2 is 1.93 bits per heavy atom. The third-order valence-corrected chi connectivity index (χ3v) is 7.03. The van der Waals surface area contributed by atoms with Gasteiger partial charge in [-0.1, -0.05) is 12.5 Å². The van der Waals surface area contributed by atoms with Crippen LogP contribution in [0.1, 0.15) is 49.8 Å². The molecule has 1 amide bonds. The third kappa shape index (κ3) is 5.56. The first-order valence-corrected chi connectivity index (χ1v) is 11.4. The number of fused-ring (bicyclic) bond motifs is 1. The minimum atomic E-state index is -3.16. The molecule has 0 spiro atoms. The molecule has 6 nitrogen and oxygen atoms in total. The number of benzene rings is 1. The van der Waals surface area contributed by atoms with Gasteiger partial charge in [0.1, 0.15) is 0 Å². The smallest absolute Gasteiger partial charge is 0.220 e. The topological polar surface area (TPSA) is 82.3 Å². The summed E-state index contributed by atoms with van der Waals surface area (Å²) in [6.07, 6.45) is 4.51. The molecule has 1 aliphatic rings. The molecule has 1 aliphatic heterocycles. The highest BCUT2D eigenvalue weighted by Crippen LogP contribution is 2.17. The molecule has 0 radical (unpaired) electrons. The molecule has 2 aromatic rings. The fraction of sp³-hybridized carbons (Fsp3) is 0.550. The summed E-state index contributed by atoms with van der Waals surface area (Å²) >= 11 is 0. The van der Waals surface area contributed by atoms with Gasteiger partial charge in [0.25, 0.3) is 0 Å². The maximum atomic E-state index is 12.3. The molecule has 3 rings (SSSR count). The summed E-state index contributed by atoms with van der Waals surface area (Å²) in [4.78, 5) is 15.3. The van der Waals surface area contributed by atoms with Crippen molar-refractivity contribution >= 4 is 26.8 Å². The van der Waals surface area contributed by atoms with E-state index >= 15 is 0 Å². The molecule has 0 aliphatic carbocycles. The standard InChI is InChI=1S/C20H29N3O3S/c1-16-13-18-14-17(8-9-19(18)22-16)15-21-20(24)7-3-6-12-27(25,26)23-10-4-2-5-11-23/h8-9,13-14,22H,2-7,10-12,15H2,1H3,(H,21,24). The number of aromatic amines is 1. The first-order chi connectivity index (χ1) is 12.9. The van der Waals surface area contributed by atoms with Gasteiger partial charge in [0.2, 0.25) is 15.9 Å². The summed E-state index contributed by atoms with van der Waals surface area (Å²) in [7, 11) is -3.16. The number of piperidine rings is 1. The van der Waals surface area contributed by atoms with Crippen LogP contribution in [0, 0.1) is 6.92 Å². The zero-order valence-corrected chi connectivity index (χ0v) is 16.8. The van der Waals surface area contributed by atoms with Crippen LogP contribution in [0.3, 0.4) is 0 Å². The minimum absolute atomic E-state index is 0.0317. The predicted molar refractivity (Wildman–Crippen MR) is 108 cm³/mol. The van der Waals surface area contributed by atoms with E-state index in [0.717, 1.165) is 41.4 Å². The second kappa shape index (κ2) is 8.89. The Balaban J connectivity index is 1.37. The molecule has 7 heteroatoms. The highest BCUT2D eigenvalue weighted by molar-refractivity contribution is 7.89. The van der Waals surface area contributed by atoms with Crippen molar-refractivity contribution in [3.63, 3.8) is 0 Å². The van der Waals surface area contributed by atoms with Crippen molar-refractivity contribution in [3.8, 4) is 0 Å². The highest BCUT2D eigenvalue weighted by atomic mass is 32.2. The van der Waals surface area contributed by atoms with Gasteiger partial charge < -0.3 is 10.3 Å². The van der Waals surface area contributed by atoms with Crippen molar-refractivity contribution < 1.29 is 13.2 Å². The molecule has 1 aromatic carbocycles. The fourth-order valence-corrected chi connectivity index (χ4v) is 5.21. The Labute approximate surface area is 161 Å². The van der Waals surface area contributed by atoms with Crippen LogP contribution >= 0.6 is 0 Å². The number of H-pyrrole nitrogens is 1. The van der Waals surface area contributed by atoms with Crippen LogP contribution < -0.4 is 5.32 Å². The van der Waals surface area contributed by atoms with E-state index in [0.29, 0.717) is 38.9 Å². The van der Waals surface area contributed by atoms with E-state index in [1.807, 2.05) is 19.1 Å². The van der Waals surface area contributed by atoms with Crippen LogP contribution in [-0.4, -0.2) is 42.5 Å². The number of rotatable bonds is 8. The van der Waals surface area contributed by atoms with Gasteiger partial charge in [-0.25, -0.2) is 12.7 Å². The molecule has 0 bridgehead atoms. The molecular formula is C20H29N3O3S. The van der Waals surface area contributed by atoms with E-state index in [1.165, 1.54) is 0 Å². The van der Waals surface area contributed by atoms with Crippen molar-refractivity contribution in [1.82, 2.24) is 14.6 Å². The number of nitrogens with zero attached hydrogens (tertiary/aromatic N) is 1. The lowest BCUT2D eigenvalue weighted by Crippen LogP contribution is -2.37. The Kier molecular flexibility index (Phi) is 6.55. The summed E-state index contributed by atoms with van der Waals surface area (Å²) in [5.74, 6) is 0.111. The van der Waals surface area contributed by atoms with E-state index in [-0.39, 0.29) is 11.7 Å². The van der Waals surface area contributed by atoms with Gasteiger partial charge in [0, 0.05) is 37.3 Å². The zero-order chi connectivity index (χ0) is 19.3. The van der Waals surface area contributed by atoms with Crippen LogP contribution in [0.2, 0.25) is 0 Å². The quantitative estimate of drug-likeness (QED) is 0.679. The van der Waals surface area contributed by atoms with Crippen LogP contribution in [0.4, 0.5) is 0 Å². The maximum absolute atomic E-state index is 12.3. The summed E-state index contributed by atoms with van der Waals surface area (Å²) in [6.45, 7) is 3.81. The number of amides is 1. The lowest BCUT2D eigenvalue weighted by atomic mass is 10.1. The van der Waals surface area contributed by atoms with Gasteiger partial charge in [0.05, 0.1) is 5.75 Å². The van der Waals surface area contributed by atoms with E-state index in [9.17, 15) is 13.2 Å². The number of sulfonamides is 1. The molecule has 2 N–H and O–H groups in total. The third-order valence-electron chi connectivity index (χ3n) is 5.07. The van der Waals surface area contributed by atoms with Crippen molar-refractivity contribution in [3.05, 3.63) is 35.5 Å². The molecule has 148 valence electrons. The van der Waals surface area contributed by atoms with E-state index in [4.69, 9.17) is 0 Å². The van der Waals surface area contributed by atoms with E-state index in [2.05, 4.69) is 22.4 Å². The van der Waals surface area contributed by atoms with Crippen molar-refractivity contribution in [2.24, 2.45) is 0 Å². The van der Waals surface area contributed by atoms with E-state index in [1.54, 1.807) is 4.31 Å². The Bertz CT molecular complexity index is 883. The second-order valence-corrected chi connectivity index (χ2v) is 9.47. The summed E-state index contributed by atoms with van der Waals surface area (Å²) in [5, 5.41) is 4.06. The lowest BCUT2D eigenvalue weighted by molar-refractivity contribution is -0.121. The number of aryl methyl sites for hydroxylation is 1. The van der Waals surface area contributed by atoms with Gasteiger partial charge in [-0.2, -0.15) is 0 Å². The largest absolute Gasteiger partial charge is 0.359 e. The van der Waals surface area contributed by atoms with Gasteiger partial charge in [-0.15, -0.1) is 0 Å². The number of carbonyl (C=O) groups is 1. The molecule has 1 saturated heterocycles. The van der Waals surface area contributed by atoms with Gasteiger partial charge in [-0.3, -0.25) is 4.79 Å². The normalized spacial score (nSPS) is 15.9. The minimum Gasteiger partial charge on any atom is -0.359 e. The fourth-order valence-electron chi connectivity index (χ4n) is 3.57. The van der Waals surface area contributed by atoms with Crippen LogP contribution in [-0.2, 0) is 21.4 Å². The number of aromatic nitrogens is 1. The summed E-state index contributed by atoms with van der Waals surface area (Å²) < 4.78 is 26.2. The molecule has 0 unspecified atom stereocenters. The maximum Gasteiger partial charge on any atom is 0.220 e. The average molecular weight is 392 g/mol. The Morgan fingerprint density at radius 3 is 2.70 bits per heavy atom. The number of unbranched alkanes of at least 4 members (excludes halogenated alkanes) is 1. The van der Waals surface area contributed by atoms with Crippen molar-refractivity contribution in [1.29, 1.82) is 0 Å². The molecular weight excluding hydrogens is 362 g/mol. The van der Waals surface area contributed by atoms with E-state index < -0.39 is 10.0 Å². The summed E-state index contributed by atoms with van der Waals surface area (Å²) in [6, 6.07) is 8.19. The second-order valence-electron chi connectivity index (χ2n) is 7.38. The Morgan fingerprint density at radius 1 is 1.15 bits per heavy atom. The summed E-state index contributed by atoms with van der Waals surface area (Å²) in [5.41, 5.74) is 3.27. The SMILES string of the molecule is Cc1cc2cc(CNC(=O)CCCCS(=O)(=O)N3CCCCC3)ccc2[nH]1. The number of hydrogen-bond acceptors (Lipinski definition) is 3. The van der Waals surface area contributed by atoms with Crippen molar-refractivity contribution in [2.75, 3.05) is 18.8 Å². The molecule has 1 aromatic heterocycles. The zero-order valence-electron chi connectivity index (χ0n) is 16.0. The van der Waals surface area contributed by atoms with Gasteiger partial charge in [0.15, 0.2) is 0 Å². The molecule has 1 fully saturated rings. The Hall–Kier alpha value is -1.86. The number of nitrogens with one attached hydrogen (secondary N) is 2. The van der Waals surface area contributed by atoms with Crippen LogP contribution in [0.5, 0.6) is 0 Å².